The van der Waals surface area contributed by atoms with Crippen LogP contribution in [0.2, 0.25) is 10.0 Å². The van der Waals surface area contributed by atoms with Crippen molar-refractivity contribution in [3.63, 3.8) is 0 Å². The van der Waals surface area contributed by atoms with Crippen molar-refractivity contribution in [2.75, 3.05) is 7.11 Å². The van der Waals surface area contributed by atoms with Gasteiger partial charge in [0.05, 0.1) is 42.5 Å². The zero-order valence-corrected chi connectivity index (χ0v) is 26.4. The number of benzene rings is 2. The van der Waals surface area contributed by atoms with Gasteiger partial charge in [-0.3, -0.25) is 4.79 Å². The number of nitrogens with zero attached hydrogens (tertiary/aromatic N) is 2. The SMILES string of the molecule is COC(=O)C1=C(C)N(Cc2ccco2)C(=O)/C1=C/c1ccc(CN(Cc2ccc(Cl)cc2Cl)S(=O)(=O)c2ccc(C)cc2)o1. The maximum absolute atomic E-state index is 13.8. The normalized spacial score (nSPS) is 14.7. The first-order valence-electron chi connectivity index (χ1n) is 13.4. The molecule has 3 heterocycles. The molecule has 0 aliphatic carbocycles. The van der Waals surface area contributed by atoms with Crippen LogP contribution in [0.5, 0.6) is 0 Å². The largest absolute Gasteiger partial charge is 0.467 e. The van der Waals surface area contributed by atoms with Gasteiger partial charge in [0.15, 0.2) is 0 Å². The Kier molecular flexibility index (Phi) is 9.17. The number of allylic oxidation sites excluding steroid dienone is 1. The number of aryl methyl sites for hydroxylation is 1. The second kappa shape index (κ2) is 12.9. The summed E-state index contributed by atoms with van der Waals surface area (Å²) in [5.74, 6) is -0.0196. The van der Waals surface area contributed by atoms with Crippen LogP contribution in [0.25, 0.3) is 6.08 Å². The number of halogens is 2. The first-order valence-corrected chi connectivity index (χ1v) is 15.6. The summed E-state index contributed by atoms with van der Waals surface area (Å²) in [7, 11) is -2.76. The van der Waals surface area contributed by atoms with Crippen LogP contribution in [0.4, 0.5) is 0 Å². The van der Waals surface area contributed by atoms with Crippen LogP contribution in [0.1, 0.15) is 35.3 Å². The molecule has 1 aliphatic rings. The molecule has 2 aromatic carbocycles. The van der Waals surface area contributed by atoms with Crippen molar-refractivity contribution < 1.29 is 31.6 Å². The molecule has 0 unspecified atom stereocenters. The van der Waals surface area contributed by atoms with Gasteiger partial charge in [-0.05, 0) is 74.0 Å². The maximum Gasteiger partial charge on any atom is 0.340 e. The molecule has 0 spiro atoms. The predicted octanol–water partition coefficient (Wildman–Crippen LogP) is 6.75. The molecule has 9 nitrogen and oxygen atoms in total. The number of hydrogen-bond donors (Lipinski definition) is 0. The first kappa shape index (κ1) is 31.3. The van der Waals surface area contributed by atoms with Crippen molar-refractivity contribution in [2.24, 2.45) is 0 Å². The molecule has 0 atom stereocenters. The van der Waals surface area contributed by atoms with E-state index in [-0.39, 0.29) is 41.4 Å². The third-order valence-electron chi connectivity index (χ3n) is 7.12. The summed E-state index contributed by atoms with van der Waals surface area (Å²) in [5, 5.41) is 0.748. The summed E-state index contributed by atoms with van der Waals surface area (Å²) in [6, 6.07) is 18.0. The lowest BCUT2D eigenvalue weighted by Crippen LogP contribution is -2.30. The van der Waals surface area contributed by atoms with Crippen molar-refractivity contribution >= 4 is 51.2 Å². The van der Waals surface area contributed by atoms with Gasteiger partial charge in [0.25, 0.3) is 5.91 Å². The Bertz CT molecular complexity index is 1880. The molecule has 0 N–H and O–H groups in total. The highest BCUT2D eigenvalue weighted by atomic mass is 35.5. The zero-order valence-electron chi connectivity index (χ0n) is 24.0. The fourth-order valence-corrected chi connectivity index (χ4v) is 6.63. The second-order valence-electron chi connectivity index (χ2n) is 10.1. The molecule has 0 saturated heterocycles. The number of furan rings is 2. The average Bonchev–Trinajstić information content (AvgIpc) is 3.72. The number of carbonyl (C=O) groups excluding carboxylic acids is 2. The highest BCUT2D eigenvalue weighted by molar-refractivity contribution is 7.89. The van der Waals surface area contributed by atoms with Gasteiger partial charge in [0.2, 0.25) is 10.0 Å². The molecule has 228 valence electrons. The number of methoxy groups -OCH3 is 1. The lowest BCUT2D eigenvalue weighted by Gasteiger charge is -2.22. The number of esters is 1. The number of amides is 1. The van der Waals surface area contributed by atoms with Gasteiger partial charge in [0, 0.05) is 22.3 Å². The highest BCUT2D eigenvalue weighted by Crippen LogP contribution is 2.34. The molecular formula is C32H28Cl2N2O7S. The van der Waals surface area contributed by atoms with Gasteiger partial charge in [-0.2, -0.15) is 4.31 Å². The summed E-state index contributed by atoms with van der Waals surface area (Å²) in [6.07, 6.45) is 2.94. The van der Waals surface area contributed by atoms with E-state index >= 15 is 0 Å². The Labute approximate surface area is 265 Å². The molecule has 4 aromatic rings. The van der Waals surface area contributed by atoms with E-state index in [0.717, 1.165) is 5.56 Å². The van der Waals surface area contributed by atoms with Gasteiger partial charge in [0.1, 0.15) is 17.3 Å². The van der Waals surface area contributed by atoms with Crippen LogP contribution in [-0.2, 0) is 44.0 Å². The molecule has 44 heavy (non-hydrogen) atoms. The van der Waals surface area contributed by atoms with Gasteiger partial charge >= 0.3 is 5.97 Å². The van der Waals surface area contributed by atoms with Crippen LogP contribution >= 0.6 is 23.2 Å². The Morgan fingerprint density at radius 1 is 1.00 bits per heavy atom. The summed E-state index contributed by atoms with van der Waals surface area (Å²) < 4.78 is 45.2. The third kappa shape index (κ3) is 6.53. The monoisotopic (exact) mass is 654 g/mol. The molecule has 1 aliphatic heterocycles. The van der Waals surface area contributed by atoms with E-state index in [9.17, 15) is 18.0 Å². The predicted molar refractivity (Wildman–Crippen MR) is 165 cm³/mol. The van der Waals surface area contributed by atoms with Crippen molar-refractivity contribution in [1.82, 2.24) is 9.21 Å². The molecule has 0 bridgehead atoms. The quantitative estimate of drug-likeness (QED) is 0.137. The second-order valence-corrected chi connectivity index (χ2v) is 12.9. The van der Waals surface area contributed by atoms with Crippen LogP contribution in [0.15, 0.2) is 104 Å². The minimum Gasteiger partial charge on any atom is -0.467 e. The minimum atomic E-state index is -4.00. The lowest BCUT2D eigenvalue weighted by atomic mass is 10.1. The van der Waals surface area contributed by atoms with Crippen molar-refractivity contribution in [3.05, 3.63) is 128 Å². The van der Waals surface area contributed by atoms with Crippen molar-refractivity contribution in [1.29, 1.82) is 0 Å². The number of rotatable bonds is 10. The van der Waals surface area contributed by atoms with Crippen LogP contribution < -0.4 is 0 Å². The fourth-order valence-electron chi connectivity index (χ4n) is 4.78. The van der Waals surface area contributed by atoms with E-state index in [1.54, 1.807) is 73.7 Å². The maximum atomic E-state index is 13.8. The van der Waals surface area contributed by atoms with Crippen molar-refractivity contribution in [3.8, 4) is 0 Å². The Morgan fingerprint density at radius 2 is 1.75 bits per heavy atom. The third-order valence-corrected chi connectivity index (χ3v) is 9.51. The lowest BCUT2D eigenvalue weighted by molar-refractivity contribution is -0.136. The summed E-state index contributed by atoms with van der Waals surface area (Å²) in [6.45, 7) is 3.44. The molecule has 0 saturated carbocycles. The van der Waals surface area contributed by atoms with E-state index in [1.165, 1.54) is 28.7 Å². The Balaban J connectivity index is 1.47. The minimum absolute atomic E-state index is 0.0576. The molecule has 0 radical (unpaired) electrons. The molecule has 0 fully saturated rings. The molecule has 5 rings (SSSR count). The number of carbonyl (C=O) groups is 2. The molecule has 12 heteroatoms. The van der Waals surface area contributed by atoms with Gasteiger partial charge in [-0.1, -0.05) is 47.0 Å². The number of hydrogen-bond acceptors (Lipinski definition) is 7. The smallest absolute Gasteiger partial charge is 0.340 e. The van der Waals surface area contributed by atoms with Gasteiger partial charge in [-0.25, -0.2) is 13.2 Å². The first-order chi connectivity index (χ1) is 21.0. The summed E-state index contributed by atoms with van der Waals surface area (Å²) in [5.41, 5.74) is 2.06. The van der Waals surface area contributed by atoms with Crippen LogP contribution in [-0.4, -0.2) is 36.6 Å². The van der Waals surface area contributed by atoms with E-state index in [0.29, 0.717) is 32.8 Å². The van der Waals surface area contributed by atoms with Crippen LogP contribution in [0, 0.1) is 6.92 Å². The molecule has 2 aromatic heterocycles. The average molecular weight is 656 g/mol. The Morgan fingerprint density at radius 3 is 2.41 bits per heavy atom. The standard InChI is InChI=1S/C32H28Cl2N2O7S/c1-20-6-12-27(13-7-20)44(39,40)35(17-22-8-9-23(33)15-29(22)34)18-26-11-10-24(43-26)16-28-30(32(38)41-3)21(2)36(31(28)37)19-25-5-4-14-42-25/h4-16H,17-19H2,1-3H3/b28-16+. The van der Waals surface area contributed by atoms with Gasteiger partial charge in [-0.15, -0.1) is 0 Å². The molecule has 1 amide bonds. The van der Waals surface area contributed by atoms with E-state index in [2.05, 4.69) is 0 Å². The summed E-state index contributed by atoms with van der Waals surface area (Å²) in [4.78, 5) is 27.7. The van der Waals surface area contributed by atoms with Crippen LogP contribution in [0.3, 0.4) is 0 Å². The van der Waals surface area contributed by atoms with E-state index < -0.39 is 21.9 Å². The summed E-state index contributed by atoms with van der Waals surface area (Å²) >= 11 is 12.5. The fraction of sp³-hybridized carbons (Fsp3) is 0.188. The number of ether oxygens (including phenoxy) is 1. The Hall–Kier alpha value is -4.09. The van der Waals surface area contributed by atoms with Gasteiger partial charge < -0.3 is 18.5 Å². The topological polar surface area (TPSA) is 110 Å². The van der Waals surface area contributed by atoms with E-state index in [1.807, 2.05) is 6.92 Å². The van der Waals surface area contributed by atoms with Crippen molar-refractivity contribution in [2.45, 2.75) is 38.4 Å². The molecular weight excluding hydrogens is 627 g/mol. The van der Waals surface area contributed by atoms with E-state index in [4.69, 9.17) is 36.8 Å². The number of sulfonamides is 1. The highest BCUT2D eigenvalue weighted by Gasteiger charge is 2.37. The zero-order chi connectivity index (χ0) is 31.6.